The molecule has 4 heterocycles. The van der Waals surface area contributed by atoms with Crippen LogP contribution in [0.5, 0.6) is 0 Å². The summed E-state index contributed by atoms with van der Waals surface area (Å²) in [5.74, 6) is -4.79. The van der Waals surface area contributed by atoms with Crippen molar-refractivity contribution in [2.75, 3.05) is 6.54 Å². The molecule has 1 aliphatic heterocycles. The summed E-state index contributed by atoms with van der Waals surface area (Å²) >= 11 is 1.81. The van der Waals surface area contributed by atoms with Crippen LogP contribution in [0.15, 0.2) is 48.0 Å². The molecule has 0 fully saturated rings. The lowest BCUT2D eigenvalue weighted by atomic mass is 10.1. The summed E-state index contributed by atoms with van der Waals surface area (Å²) in [6, 6.07) is 10.8. The van der Waals surface area contributed by atoms with Gasteiger partial charge in [0.05, 0.1) is 11.4 Å². The summed E-state index contributed by atoms with van der Waals surface area (Å²) in [5, 5.41) is 16.4. The number of alkyl halides is 6. The number of nitrogens with zero attached hydrogens (tertiary/aromatic N) is 4. The third-order valence-electron chi connectivity index (χ3n) is 5.64. The van der Waals surface area contributed by atoms with Gasteiger partial charge in [0.25, 0.3) is 0 Å². The summed E-state index contributed by atoms with van der Waals surface area (Å²) in [6.45, 7) is 2.98. The fourth-order valence-electron chi connectivity index (χ4n) is 3.81. The molecule has 0 aliphatic carbocycles. The first-order chi connectivity index (χ1) is 18.6. The van der Waals surface area contributed by atoms with E-state index in [0.717, 1.165) is 43.1 Å². The third-order valence-corrected chi connectivity index (χ3v) is 6.50. The number of aliphatic carboxylic acids is 2. The number of rotatable bonds is 3. The number of carbonyl (C=O) groups is 2. The van der Waals surface area contributed by atoms with Gasteiger partial charge in [0.1, 0.15) is 5.82 Å². The number of fused-ring (bicyclic) bond motifs is 3. The lowest BCUT2D eigenvalue weighted by Gasteiger charge is -2.26. The Morgan fingerprint density at radius 3 is 2.05 bits per heavy atom. The molecule has 0 unspecified atom stereocenters. The number of aryl methyl sites for hydroxylation is 1. The van der Waals surface area contributed by atoms with Gasteiger partial charge in [-0.2, -0.15) is 26.3 Å². The molecule has 0 saturated carbocycles. The van der Waals surface area contributed by atoms with Gasteiger partial charge in [-0.05, 0) is 35.7 Å². The molecule has 40 heavy (non-hydrogen) atoms. The fraction of sp³-hybridized carbons (Fsp3) is 0.292. The van der Waals surface area contributed by atoms with Gasteiger partial charge < -0.3 is 14.8 Å². The van der Waals surface area contributed by atoms with Crippen molar-refractivity contribution in [1.82, 2.24) is 18.9 Å². The monoisotopic (exact) mass is 594 g/mol. The van der Waals surface area contributed by atoms with E-state index in [-0.39, 0.29) is 5.82 Å². The van der Waals surface area contributed by atoms with Gasteiger partial charge in [-0.1, -0.05) is 6.07 Å². The van der Waals surface area contributed by atoms with Gasteiger partial charge in [-0.3, -0.25) is 9.30 Å². The molecule has 0 spiro atoms. The maximum atomic E-state index is 13.2. The Balaban J connectivity index is 0.000000263. The highest BCUT2D eigenvalue weighted by molar-refractivity contribution is 7.09. The SMILES string of the molecule is Cn1c2c(n3cc(-c4ccc(F)cc4)nc13)CN(Cc1cccs1)CC2.O=C(O)C(F)(F)F.O=C(O)C(F)(F)F. The molecule has 1 aliphatic rings. The van der Waals surface area contributed by atoms with E-state index in [1.54, 1.807) is 12.1 Å². The van der Waals surface area contributed by atoms with Gasteiger partial charge >= 0.3 is 24.3 Å². The van der Waals surface area contributed by atoms with Crippen LogP contribution in [0.2, 0.25) is 0 Å². The number of halogens is 7. The Bertz CT molecular complexity index is 1440. The lowest BCUT2D eigenvalue weighted by Crippen LogP contribution is -2.30. The molecule has 0 bridgehead atoms. The molecule has 3 aromatic heterocycles. The van der Waals surface area contributed by atoms with E-state index in [1.165, 1.54) is 28.4 Å². The Labute approximate surface area is 225 Å². The van der Waals surface area contributed by atoms with Crippen molar-refractivity contribution in [2.24, 2.45) is 7.05 Å². The van der Waals surface area contributed by atoms with E-state index in [0.29, 0.717) is 0 Å². The van der Waals surface area contributed by atoms with Crippen LogP contribution >= 0.6 is 11.3 Å². The molecule has 0 radical (unpaired) electrons. The number of aromatic nitrogens is 3. The lowest BCUT2D eigenvalue weighted by molar-refractivity contribution is -0.193. The van der Waals surface area contributed by atoms with Crippen LogP contribution in [0.4, 0.5) is 30.7 Å². The van der Waals surface area contributed by atoms with Crippen LogP contribution in [0.3, 0.4) is 0 Å². The predicted molar refractivity (Wildman–Crippen MR) is 129 cm³/mol. The van der Waals surface area contributed by atoms with Crippen LogP contribution in [-0.4, -0.2) is 59.9 Å². The minimum Gasteiger partial charge on any atom is -0.475 e. The quantitative estimate of drug-likeness (QED) is 0.310. The maximum Gasteiger partial charge on any atom is 0.490 e. The van der Waals surface area contributed by atoms with Crippen molar-refractivity contribution >= 4 is 29.1 Å². The van der Waals surface area contributed by atoms with E-state index in [4.69, 9.17) is 24.8 Å². The van der Waals surface area contributed by atoms with Gasteiger partial charge in [0, 0.05) is 55.4 Å². The minimum atomic E-state index is -5.08. The topological polar surface area (TPSA) is 100 Å². The second-order valence-corrected chi connectivity index (χ2v) is 9.43. The Hall–Kier alpha value is -3.92. The Morgan fingerprint density at radius 2 is 1.55 bits per heavy atom. The van der Waals surface area contributed by atoms with E-state index in [1.807, 2.05) is 11.3 Å². The van der Waals surface area contributed by atoms with E-state index >= 15 is 0 Å². The summed E-state index contributed by atoms with van der Waals surface area (Å²) in [4.78, 5) is 26.5. The molecule has 16 heteroatoms. The summed E-state index contributed by atoms with van der Waals surface area (Å²) in [5.41, 5.74) is 4.50. The second kappa shape index (κ2) is 12.1. The maximum absolute atomic E-state index is 13.2. The number of carboxylic acid groups (broad SMARTS) is 2. The smallest absolute Gasteiger partial charge is 0.475 e. The molecule has 216 valence electrons. The highest BCUT2D eigenvalue weighted by Gasteiger charge is 2.38. The van der Waals surface area contributed by atoms with Crippen molar-refractivity contribution in [3.63, 3.8) is 0 Å². The summed E-state index contributed by atoms with van der Waals surface area (Å²) < 4.78 is 81.1. The summed E-state index contributed by atoms with van der Waals surface area (Å²) in [7, 11) is 2.09. The average molecular weight is 595 g/mol. The van der Waals surface area contributed by atoms with Crippen molar-refractivity contribution < 1.29 is 50.5 Å². The standard InChI is InChI=1S/C20H19FN4S.2C2HF3O2/c1-23-18-8-9-24(11-16-3-2-10-26-16)13-19(18)25-12-17(22-20(23)25)14-4-6-15(21)7-5-14;2*3-2(4,5)1(6)7/h2-7,10,12H,8-9,11,13H2,1H3;2*(H,6,7). The molecule has 4 aromatic rings. The van der Waals surface area contributed by atoms with Gasteiger partial charge in [-0.15, -0.1) is 11.3 Å². The number of imidazole rings is 2. The van der Waals surface area contributed by atoms with E-state index in [2.05, 4.69) is 44.6 Å². The Morgan fingerprint density at radius 1 is 0.975 bits per heavy atom. The first-order valence-electron chi connectivity index (χ1n) is 11.2. The molecular weight excluding hydrogens is 573 g/mol. The number of thiophene rings is 1. The molecule has 0 atom stereocenters. The van der Waals surface area contributed by atoms with Crippen molar-refractivity contribution in [3.8, 4) is 11.3 Å². The van der Waals surface area contributed by atoms with Crippen LogP contribution in [0.1, 0.15) is 16.3 Å². The van der Waals surface area contributed by atoms with Gasteiger partial charge in [-0.25, -0.2) is 19.0 Å². The number of carboxylic acids is 2. The first-order valence-corrected chi connectivity index (χ1v) is 12.1. The minimum absolute atomic E-state index is 0.223. The number of hydrogen-bond acceptors (Lipinski definition) is 5. The predicted octanol–water partition coefficient (Wildman–Crippen LogP) is 5.37. The molecule has 5 rings (SSSR count). The van der Waals surface area contributed by atoms with Crippen molar-refractivity contribution in [2.45, 2.75) is 31.9 Å². The van der Waals surface area contributed by atoms with Gasteiger partial charge in [0.2, 0.25) is 5.78 Å². The molecule has 8 nitrogen and oxygen atoms in total. The summed E-state index contributed by atoms with van der Waals surface area (Å²) in [6.07, 6.45) is -7.05. The number of hydrogen-bond donors (Lipinski definition) is 2. The molecule has 0 saturated heterocycles. The van der Waals surface area contributed by atoms with Crippen molar-refractivity contribution in [1.29, 1.82) is 0 Å². The zero-order valence-corrected chi connectivity index (χ0v) is 21.3. The molecule has 1 aromatic carbocycles. The van der Waals surface area contributed by atoms with E-state index < -0.39 is 24.3 Å². The van der Waals surface area contributed by atoms with Crippen LogP contribution in [-0.2, 0) is 36.1 Å². The zero-order valence-electron chi connectivity index (χ0n) is 20.5. The largest absolute Gasteiger partial charge is 0.490 e. The third kappa shape index (κ3) is 7.59. The molecular formula is C24H21F7N4O4S. The highest BCUT2D eigenvalue weighted by atomic mass is 32.1. The molecule has 2 N–H and O–H groups in total. The zero-order chi connectivity index (χ0) is 29.8. The van der Waals surface area contributed by atoms with Crippen LogP contribution in [0, 0.1) is 5.82 Å². The van der Waals surface area contributed by atoms with Crippen LogP contribution < -0.4 is 0 Å². The van der Waals surface area contributed by atoms with Crippen LogP contribution in [0.25, 0.3) is 17.0 Å². The fourth-order valence-corrected chi connectivity index (χ4v) is 4.56. The van der Waals surface area contributed by atoms with Crippen molar-refractivity contribution in [3.05, 3.63) is 70.1 Å². The van der Waals surface area contributed by atoms with Gasteiger partial charge in [0.15, 0.2) is 0 Å². The number of benzene rings is 1. The normalized spacial score (nSPS) is 13.6. The molecule has 0 amide bonds. The average Bonchev–Trinajstić information content (AvgIpc) is 3.58. The Kier molecular flexibility index (Phi) is 9.25. The first kappa shape index (κ1) is 30.6. The van der Waals surface area contributed by atoms with E-state index in [9.17, 15) is 30.7 Å². The highest BCUT2D eigenvalue weighted by Crippen LogP contribution is 2.28. The second-order valence-electron chi connectivity index (χ2n) is 8.40.